The Kier molecular flexibility index (Phi) is 3.66. The van der Waals surface area contributed by atoms with Crippen LogP contribution in [-0.4, -0.2) is 10.9 Å². The number of rotatable bonds is 3. The highest BCUT2D eigenvalue weighted by Gasteiger charge is 2.17. The Morgan fingerprint density at radius 2 is 2.11 bits per heavy atom. The van der Waals surface area contributed by atoms with Crippen molar-refractivity contribution >= 4 is 27.5 Å². The summed E-state index contributed by atoms with van der Waals surface area (Å²) < 4.78 is 19.5. The van der Waals surface area contributed by atoms with Crippen molar-refractivity contribution in [3.05, 3.63) is 46.4 Å². The number of ether oxygens (including phenoxy) is 1. The molecule has 2 rings (SSSR count). The Bertz CT molecular complexity index is 629. The van der Waals surface area contributed by atoms with Gasteiger partial charge in [-0.25, -0.2) is 4.39 Å². The number of primary amides is 1. The third-order valence-corrected chi connectivity index (χ3v) is 2.88. The number of hydrogen-bond acceptors (Lipinski definition) is 4. The van der Waals surface area contributed by atoms with Crippen molar-refractivity contribution in [3.63, 3.8) is 0 Å². The van der Waals surface area contributed by atoms with Crippen molar-refractivity contribution < 1.29 is 13.9 Å². The Morgan fingerprint density at radius 3 is 2.74 bits per heavy atom. The van der Waals surface area contributed by atoms with Gasteiger partial charge in [-0.2, -0.15) is 0 Å². The fourth-order valence-electron chi connectivity index (χ4n) is 1.48. The number of hydrogen-bond donors (Lipinski definition) is 2. The maximum atomic E-state index is 13.6. The van der Waals surface area contributed by atoms with Crippen LogP contribution in [0, 0.1) is 5.82 Å². The second-order valence-electron chi connectivity index (χ2n) is 3.62. The van der Waals surface area contributed by atoms with Crippen LogP contribution in [0.25, 0.3) is 0 Å². The van der Waals surface area contributed by atoms with E-state index in [0.29, 0.717) is 4.47 Å². The van der Waals surface area contributed by atoms with Crippen LogP contribution in [0.4, 0.5) is 10.1 Å². The van der Waals surface area contributed by atoms with Crippen LogP contribution < -0.4 is 16.2 Å². The molecule has 0 aliphatic carbocycles. The van der Waals surface area contributed by atoms with E-state index in [4.69, 9.17) is 16.2 Å². The summed E-state index contributed by atoms with van der Waals surface area (Å²) in [7, 11) is 0. The molecule has 1 heterocycles. The van der Waals surface area contributed by atoms with Gasteiger partial charge in [0.15, 0.2) is 5.75 Å². The van der Waals surface area contributed by atoms with Gasteiger partial charge in [-0.15, -0.1) is 0 Å². The minimum absolute atomic E-state index is 0.00824. The molecule has 0 spiro atoms. The molecular formula is C12H9BrFN3O2. The van der Waals surface area contributed by atoms with Crippen LogP contribution >= 0.6 is 15.9 Å². The molecule has 0 unspecified atom stereocenters. The highest BCUT2D eigenvalue weighted by molar-refractivity contribution is 9.10. The van der Waals surface area contributed by atoms with Gasteiger partial charge in [0, 0.05) is 6.20 Å². The second-order valence-corrected chi connectivity index (χ2v) is 4.47. The average molecular weight is 326 g/mol. The van der Waals surface area contributed by atoms with Crippen LogP contribution in [0.1, 0.15) is 10.4 Å². The first-order valence-corrected chi connectivity index (χ1v) is 5.95. The summed E-state index contributed by atoms with van der Waals surface area (Å²) >= 11 is 3.21. The molecule has 0 fully saturated rings. The van der Waals surface area contributed by atoms with Gasteiger partial charge in [-0.1, -0.05) is 6.07 Å². The molecule has 0 saturated heterocycles. The van der Waals surface area contributed by atoms with E-state index in [1.54, 1.807) is 0 Å². The summed E-state index contributed by atoms with van der Waals surface area (Å²) in [4.78, 5) is 15.1. The number of carbonyl (C=O) groups excluding carboxylic acids is 1. The molecule has 0 radical (unpaired) electrons. The number of anilines is 1. The molecule has 19 heavy (non-hydrogen) atoms. The topological polar surface area (TPSA) is 91.2 Å². The maximum Gasteiger partial charge on any atom is 0.255 e. The summed E-state index contributed by atoms with van der Waals surface area (Å²) in [6.45, 7) is 0. The lowest BCUT2D eigenvalue weighted by molar-refractivity contribution is 0.0994. The molecule has 0 aliphatic heterocycles. The number of nitrogens with zero attached hydrogens (tertiary/aromatic N) is 1. The first kappa shape index (κ1) is 13.3. The van der Waals surface area contributed by atoms with E-state index in [1.807, 2.05) is 0 Å². The summed E-state index contributed by atoms with van der Waals surface area (Å²) in [6.07, 6.45) is 2.85. The van der Waals surface area contributed by atoms with Crippen molar-refractivity contribution in [2.24, 2.45) is 5.73 Å². The fraction of sp³-hybridized carbons (Fsp3) is 0. The van der Waals surface area contributed by atoms with E-state index in [1.165, 1.54) is 24.5 Å². The van der Waals surface area contributed by atoms with Crippen molar-refractivity contribution in [1.82, 2.24) is 4.98 Å². The lowest BCUT2D eigenvalue weighted by Gasteiger charge is -2.12. The molecule has 4 N–H and O–H groups in total. The molecule has 0 aliphatic rings. The predicted octanol–water partition coefficient (Wildman–Crippen LogP) is 2.46. The molecule has 0 atom stereocenters. The quantitative estimate of drug-likeness (QED) is 0.906. The number of nitrogens with two attached hydrogens (primary N) is 2. The van der Waals surface area contributed by atoms with Gasteiger partial charge in [0.2, 0.25) is 0 Å². The summed E-state index contributed by atoms with van der Waals surface area (Å²) in [5, 5.41) is 0. The number of carbonyl (C=O) groups is 1. The standard InChI is InChI=1S/C12H9BrFN3O2/c13-6-4-17-5-8(15)11(6)19-9-3-1-2-7(14)10(9)12(16)18/h1-5H,15H2,(H2,16,18). The van der Waals surface area contributed by atoms with Gasteiger partial charge < -0.3 is 16.2 Å². The molecule has 7 heteroatoms. The molecular weight excluding hydrogens is 317 g/mol. The third-order valence-electron chi connectivity index (χ3n) is 2.31. The lowest BCUT2D eigenvalue weighted by Crippen LogP contribution is -2.14. The average Bonchev–Trinajstić information content (AvgIpc) is 2.33. The number of benzene rings is 1. The number of aromatic nitrogens is 1. The molecule has 0 bridgehead atoms. The van der Waals surface area contributed by atoms with Gasteiger partial charge >= 0.3 is 0 Å². The zero-order valence-electron chi connectivity index (χ0n) is 9.56. The van der Waals surface area contributed by atoms with Crippen LogP contribution in [0.3, 0.4) is 0 Å². The van der Waals surface area contributed by atoms with E-state index in [-0.39, 0.29) is 22.7 Å². The highest BCUT2D eigenvalue weighted by Crippen LogP contribution is 2.35. The minimum Gasteiger partial charge on any atom is -0.453 e. The van der Waals surface area contributed by atoms with Crippen molar-refractivity contribution in [1.29, 1.82) is 0 Å². The van der Waals surface area contributed by atoms with Crippen LogP contribution in [-0.2, 0) is 0 Å². The van der Waals surface area contributed by atoms with Crippen molar-refractivity contribution in [2.45, 2.75) is 0 Å². The number of amides is 1. The Balaban J connectivity index is 2.50. The number of nitrogen functional groups attached to an aromatic ring is 1. The maximum absolute atomic E-state index is 13.6. The lowest BCUT2D eigenvalue weighted by atomic mass is 10.2. The number of halogens is 2. The van der Waals surface area contributed by atoms with E-state index in [2.05, 4.69) is 20.9 Å². The molecule has 0 saturated carbocycles. The second kappa shape index (κ2) is 5.23. The van der Waals surface area contributed by atoms with E-state index in [0.717, 1.165) is 6.07 Å². The highest BCUT2D eigenvalue weighted by atomic mass is 79.9. The predicted molar refractivity (Wildman–Crippen MR) is 71.3 cm³/mol. The summed E-state index contributed by atoms with van der Waals surface area (Å²) in [5.41, 5.74) is 10.8. The van der Waals surface area contributed by atoms with Gasteiger partial charge in [-0.3, -0.25) is 9.78 Å². The monoisotopic (exact) mass is 325 g/mol. The van der Waals surface area contributed by atoms with Crippen molar-refractivity contribution in [3.8, 4) is 11.5 Å². The Hall–Kier alpha value is -2.15. The third kappa shape index (κ3) is 2.65. The van der Waals surface area contributed by atoms with Crippen LogP contribution in [0.15, 0.2) is 35.1 Å². The smallest absolute Gasteiger partial charge is 0.255 e. The molecule has 2 aromatic rings. The SMILES string of the molecule is NC(=O)c1c(F)cccc1Oc1c(N)cncc1Br. The Labute approximate surface area is 116 Å². The van der Waals surface area contributed by atoms with Gasteiger partial charge in [-0.05, 0) is 28.1 Å². The summed E-state index contributed by atoms with van der Waals surface area (Å²) in [5.74, 6) is -1.44. The van der Waals surface area contributed by atoms with Crippen LogP contribution in [0.2, 0.25) is 0 Å². The molecule has 1 aromatic heterocycles. The zero-order chi connectivity index (χ0) is 14.0. The first-order chi connectivity index (χ1) is 9.00. The van der Waals surface area contributed by atoms with Gasteiger partial charge in [0.05, 0.1) is 16.4 Å². The summed E-state index contributed by atoms with van der Waals surface area (Å²) in [6, 6.07) is 3.95. The van der Waals surface area contributed by atoms with Crippen molar-refractivity contribution in [2.75, 3.05) is 5.73 Å². The zero-order valence-corrected chi connectivity index (χ0v) is 11.1. The first-order valence-electron chi connectivity index (χ1n) is 5.16. The van der Waals surface area contributed by atoms with Crippen LogP contribution in [0.5, 0.6) is 11.5 Å². The van der Waals surface area contributed by atoms with Gasteiger partial charge in [0.25, 0.3) is 5.91 Å². The molecule has 1 amide bonds. The normalized spacial score (nSPS) is 10.2. The van der Waals surface area contributed by atoms with Gasteiger partial charge in [0.1, 0.15) is 17.1 Å². The largest absolute Gasteiger partial charge is 0.453 e. The Morgan fingerprint density at radius 1 is 1.37 bits per heavy atom. The molecule has 1 aromatic carbocycles. The molecule has 98 valence electrons. The number of pyridine rings is 1. The van der Waals surface area contributed by atoms with E-state index in [9.17, 15) is 9.18 Å². The van der Waals surface area contributed by atoms with E-state index >= 15 is 0 Å². The fourth-order valence-corrected chi connectivity index (χ4v) is 1.91. The molecule has 5 nitrogen and oxygen atoms in total. The minimum atomic E-state index is -0.920. The van der Waals surface area contributed by atoms with E-state index < -0.39 is 11.7 Å².